The molecule has 1 heterocycles. The molecule has 104 valence electrons. The van der Waals surface area contributed by atoms with E-state index in [4.69, 9.17) is 10.5 Å². The Balaban J connectivity index is 2.53. The zero-order chi connectivity index (χ0) is 14.9. The Morgan fingerprint density at radius 2 is 1.95 bits per heavy atom. The molecule has 0 aliphatic rings. The van der Waals surface area contributed by atoms with Crippen LogP contribution < -0.4 is 10.5 Å². The molecule has 20 heavy (non-hydrogen) atoms. The van der Waals surface area contributed by atoms with Gasteiger partial charge in [-0.1, -0.05) is 12.1 Å². The number of ether oxygens (including phenoxy) is 1. The highest BCUT2D eigenvalue weighted by molar-refractivity contribution is 5.54. The first-order chi connectivity index (χ1) is 9.40. The molecule has 2 aromatic rings. The van der Waals surface area contributed by atoms with Crippen LogP contribution in [0.1, 0.15) is 17.0 Å². The molecule has 1 aromatic heterocycles. The van der Waals surface area contributed by atoms with E-state index in [9.17, 15) is 10.1 Å². The van der Waals surface area contributed by atoms with E-state index in [1.54, 1.807) is 32.9 Å². The summed E-state index contributed by atoms with van der Waals surface area (Å²) in [6, 6.07) is 4.72. The van der Waals surface area contributed by atoms with Crippen molar-refractivity contribution in [3.8, 4) is 11.6 Å². The van der Waals surface area contributed by atoms with Gasteiger partial charge in [-0.15, -0.1) is 0 Å². The third-order valence-electron chi connectivity index (χ3n) is 2.84. The molecule has 0 saturated carbocycles. The van der Waals surface area contributed by atoms with E-state index in [1.807, 2.05) is 0 Å². The first kappa shape index (κ1) is 13.7. The van der Waals surface area contributed by atoms with Crippen molar-refractivity contribution in [3.05, 3.63) is 45.3 Å². The number of aryl methyl sites for hydroxylation is 2. The van der Waals surface area contributed by atoms with Crippen LogP contribution in [-0.4, -0.2) is 14.9 Å². The van der Waals surface area contributed by atoms with Crippen LogP contribution >= 0.6 is 0 Å². The van der Waals surface area contributed by atoms with Gasteiger partial charge < -0.3 is 10.5 Å². The second kappa shape index (κ2) is 5.12. The molecule has 7 heteroatoms. The zero-order valence-electron chi connectivity index (χ0n) is 11.4. The van der Waals surface area contributed by atoms with Gasteiger partial charge in [-0.2, -0.15) is 4.98 Å². The topological polar surface area (TPSA) is 104 Å². The van der Waals surface area contributed by atoms with Gasteiger partial charge in [0.25, 0.3) is 0 Å². The summed E-state index contributed by atoms with van der Waals surface area (Å²) in [5, 5.41) is 11.1. The number of nitro groups is 1. The Morgan fingerprint density at radius 3 is 2.60 bits per heavy atom. The Bertz CT molecular complexity index is 686. The highest BCUT2D eigenvalue weighted by Gasteiger charge is 2.20. The Morgan fingerprint density at radius 1 is 1.25 bits per heavy atom. The third kappa shape index (κ3) is 2.51. The van der Waals surface area contributed by atoms with Crippen LogP contribution in [0, 0.1) is 30.9 Å². The minimum absolute atomic E-state index is 0.112. The summed E-state index contributed by atoms with van der Waals surface area (Å²) in [5.74, 6) is 1.13. The van der Waals surface area contributed by atoms with Gasteiger partial charge in [-0.05, 0) is 26.3 Å². The predicted octanol–water partition coefficient (Wildman–Crippen LogP) is 2.68. The van der Waals surface area contributed by atoms with Gasteiger partial charge in [0, 0.05) is 6.07 Å². The van der Waals surface area contributed by atoms with Gasteiger partial charge in [-0.3, -0.25) is 10.1 Å². The fourth-order valence-corrected chi connectivity index (χ4v) is 1.73. The Kier molecular flexibility index (Phi) is 3.51. The van der Waals surface area contributed by atoms with Crippen LogP contribution in [0.2, 0.25) is 0 Å². The number of nitrogen functional groups attached to an aromatic ring is 1. The Hall–Kier alpha value is -2.70. The second-order valence-corrected chi connectivity index (χ2v) is 4.37. The largest absolute Gasteiger partial charge is 0.431 e. The number of rotatable bonds is 3. The highest BCUT2D eigenvalue weighted by atomic mass is 16.6. The summed E-state index contributed by atoms with van der Waals surface area (Å²) < 4.78 is 5.62. The van der Waals surface area contributed by atoms with E-state index in [2.05, 4.69) is 9.97 Å². The first-order valence-electron chi connectivity index (χ1n) is 5.92. The van der Waals surface area contributed by atoms with Crippen molar-refractivity contribution in [1.82, 2.24) is 9.97 Å². The van der Waals surface area contributed by atoms with Crippen molar-refractivity contribution in [2.45, 2.75) is 20.8 Å². The molecular formula is C13H14N4O3. The van der Waals surface area contributed by atoms with Gasteiger partial charge in [-0.25, -0.2) is 4.98 Å². The summed E-state index contributed by atoms with van der Waals surface area (Å²) in [7, 11) is 0. The van der Waals surface area contributed by atoms with E-state index >= 15 is 0 Å². The van der Waals surface area contributed by atoms with Crippen molar-refractivity contribution in [2.24, 2.45) is 0 Å². The number of nitro benzene ring substituents is 1. The summed E-state index contributed by atoms with van der Waals surface area (Å²) in [5.41, 5.74) is 6.83. The standard InChI is InChI=1S/C13H14N4O3/c1-7-5-4-6-10(17(18)19)11(7)20-13-8(2)12(14)15-9(3)16-13/h4-6H,1-3H3,(H2,14,15,16). The van der Waals surface area contributed by atoms with Gasteiger partial charge in [0.15, 0.2) is 0 Å². The van der Waals surface area contributed by atoms with Crippen molar-refractivity contribution < 1.29 is 9.66 Å². The van der Waals surface area contributed by atoms with Crippen molar-refractivity contribution >= 4 is 11.5 Å². The fraction of sp³-hybridized carbons (Fsp3) is 0.231. The molecule has 0 bridgehead atoms. The van der Waals surface area contributed by atoms with Crippen LogP contribution in [0.5, 0.6) is 11.6 Å². The minimum atomic E-state index is -0.491. The smallest absolute Gasteiger partial charge is 0.311 e. The monoisotopic (exact) mass is 274 g/mol. The van der Waals surface area contributed by atoms with Crippen LogP contribution in [0.15, 0.2) is 18.2 Å². The van der Waals surface area contributed by atoms with Gasteiger partial charge >= 0.3 is 5.69 Å². The zero-order valence-corrected chi connectivity index (χ0v) is 11.4. The Labute approximate surface area is 115 Å². The summed E-state index contributed by atoms with van der Waals surface area (Å²) in [6.07, 6.45) is 0. The molecule has 0 fully saturated rings. The van der Waals surface area contributed by atoms with E-state index in [1.165, 1.54) is 6.07 Å². The minimum Gasteiger partial charge on any atom is -0.431 e. The number of hydrogen-bond acceptors (Lipinski definition) is 6. The van der Waals surface area contributed by atoms with Crippen LogP contribution in [0.4, 0.5) is 11.5 Å². The summed E-state index contributed by atoms with van der Waals surface area (Å²) in [6.45, 7) is 5.11. The number of nitrogens with two attached hydrogens (primary N) is 1. The maximum absolute atomic E-state index is 11.1. The molecule has 0 aliphatic heterocycles. The van der Waals surface area contributed by atoms with E-state index in [0.717, 1.165) is 0 Å². The number of hydrogen-bond donors (Lipinski definition) is 1. The quantitative estimate of drug-likeness (QED) is 0.681. The van der Waals surface area contributed by atoms with Gasteiger partial charge in [0.05, 0.1) is 10.5 Å². The maximum atomic E-state index is 11.1. The van der Waals surface area contributed by atoms with Crippen molar-refractivity contribution in [3.63, 3.8) is 0 Å². The van der Waals surface area contributed by atoms with Crippen LogP contribution in [-0.2, 0) is 0 Å². The lowest BCUT2D eigenvalue weighted by molar-refractivity contribution is -0.385. The summed E-state index contributed by atoms with van der Waals surface area (Å²) in [4.78, 5) is 18.7. The molecule has 7 nitrogen and oxygen atoms in total. The lowest BCUT2D eigenvalue weighted by Crippen LogP contribution is -2.04. The molecule has 0 unspecified atom stereocenters. The molecule has 2 N–H and O–H groups in total. The molecule has 0 spiro atoms. The van der Waals surface area contributed by atoms with Crippen LogP contribution in [0.25, 0.3) is 0 Å². The predicted molar refractivity (Wildman–Crippen MR) is 73.8 cm³/mol. The maximum Gasteiger partial charge on any atom is 0.311 e. The van der Waals surface area contributed by atoms with Gasteiger partial charge in [0.1, 0.15) is 11.6 Å². The molecule has 0 saturated heterocycles. The number of benzene rings is 1. The van der Waals surface area contributed by atoms with Crippen LogP contribution in [0.3, 0.4) is 0 Å². The number of aromatic nitrogens is 2. The van der Waals surface area contributed by atoms with Crippen molar-refractivity contribution in [2.75, 3.05) is 5.73 Å². The molecule has 2 rings (SSSR count). The average molecular weight is 274 g/mol. The molecular weight excluding hydrogens is 260 g/mol. The fourth-order valence-electron chi connectivity index (χ4n) is 1.73. The molecule has 0 radical (unpaired) electrons. The number of nitrogens with zero attached hydrogens (tertiary/aromatic N) is 3. The number of anilines is 1. The van der Waals surface area contributed by atoms with E-state index in [-0.39, 0.29) is 17.3 Å². The number of para-hydroxylation sites is 1. The molecule has 1 aromatic carbocycles. The summed E-state index contributed by atoms with van der Waals surface area (Å²) >= 11 is 0. The normalized spacial score (nSPS) is 10.3. The van der Waals surface area contributed by atoms with Gasteiger partial charge in [0.2, 0.25) is 11.6 Å². The van der Waals surface area contributed by atoms with Crippen molar-refractivity contribution in [1.29, 1.82) is 0 Å². The lowest BCUT2D eigenvalue weighted by Gasteiger charge is -2.11. The van der Waals surface area contributed by atoms with E-state index < -0.39 is 4.92 Å². The van der Waals surface area contributed by atoms with E-state index in [0.29, 0.717) is 22.8 Å². The molecule has 0 atom stereocenters. The SMILES string of the molecule is Cc1nc(N)c(C)c(Oc2c(C)cccc2[N+](=O)[O-])n1. The third-order valence-corrected chi connectivity index (χ3v) is 2.84. The molecule has 0 aliphatic carbocycles. The first-order valence-corrected chi connectivity index (χ1v) is 5.92. The molecule has 0 amide bonds. The highest BCUT2D eigenvalue weighted by Crippen LogP contribution is 2.35. The second-order valence-electron chi connectivity index (χ2n) is 4.37. The average Bonchev–Trinajstić information content (AvgIpc) is 2.37. The lowest BCUT2D eigenvalue weighted by atomic mass is 10.2.